The van der Waals surface area contributed by atoms with E-state index in [1.54, 1.807) is 11.6 Å². The summed E-state index contributed by atoms with van der Waals surface area (Å²) in [4.78, 5) is 86.1. The Morgan fingerprint density at radius 2 is 1.26 bits per heavy atom. The van der Waals surface area contributed by atoms with Crippen LogP contribution in [0.4, 0.5) is 5.95 Å². The van der Waals surface area contributed by atoms with Gasteiger partial charge in [-0.15, -0.1) is 0 Å². The summed E-state index contributed by atoms with van der Waals surface area (Å²) in [6.45, 7) is 0. The van der Waals surface area contributed by atoms with Crippen molar-refractivity contribution in [3.05, 3.63) is 16.7 Å². The van der Waals surface area contributed by atoms with Crippen LogP contribution in [-0.2, 0) is 20.7 Å². The molecule has 0 radical (unpaired) electrons. The van der Waals surface area contributed by atoms with Gasteiger partial charge in [-0.3, -0.25) is 9.78 Å². The van der Waals surface area contributed by atoms with Crippen LogP contribution in [0.25, 0.3) is 11.2 Å². The van der Waals surface area contributed by atoms with Crippen LogP contribution in [0.3, 0.4) is 0 Å². The van der Waals surface area contributed by atoms with Crippen LogP contribution in [0.5, 0.6) is 0 Å². The highest BCUT2D eigenvalue weighted by Crippen LogP contribution is 2.26. The van der Waals surface area contributed by atoms with Gasteiger partial charge in [0.2, 0.25) is 5.95 Å². The van der Waals surface area contributed by atoms with Crippen molar-refractivity contribution in [3.63, 3.8) is 0 Å². The number of aromatic nitrogens is 4. The largest absolute Gasteiger partial charge is 0.466 e. The van der Waals surface area contributed by atoms with E-state index in [-0.39, 0.29) is 11.5 Å². The molecule has 2 aromatic rings. The maximum atomic E-state index is 11.2. The first kappa shape index (κ1) is 27.7. The monoisotopic (exact) mass is 459 g/mol. The van der Waals surface area contributed by atoms with E-state index in [4.69, 9.17) is 63.5 Å². The fraction of sp³-hybridized carbons (Fsp3) is 0.167. The Bertz CT molecular complexity index is 848. The first-order chi connectivity index (χ1) is 11.7. The second-order valence-electron chi connectivity index (χ2n) is 4.02. The van der Waals surface area contributed by atoms with Gasteiger partial charge in [0.1, 0.15) is 0 Å². The number of hydrogen-bond donors (Lipinski definition) is 11. The minimum Gasteiger partial charge on any atom is -0.369 e. The fourth-order valence-electron chi connectivity index (χ4n) is 1.08. The number of aromatic amines is 1. The van der Waals surface area contributed by atoms with Crippen LogP contribution in [0, 0.1) is 0 Å². The van der Waals surface area contributed by atoms with Crippen molar-refractivity contribution >= 4 is 40.6 Å². The Morgan fingerprint density at radius 1 is 0.926 bits per heavy atom. The van der Waals surface area contributed by atoms with Gasteiger partial charge in [-0.1, -0.05) is 0 Å². The summed E-state index contributed by atoms with van der Waals surface area (Å²) in [6, 6.07) is 0. The number of H-pyrrole nitrogens is 1. The lowest BCUT2D eigenvalue weighted by molar-refractivity contribution is 0.272. The number of nitrogens with one attached hydrogen (secondary N) is 1. The predicted molar refractivity (Wildman–Crippen MR) is 86.3 cm³/mol. The molecular weight excluding hydrogens is 443 g/mol. The minimum atomic E-state index is -4.64. The Hall–Kier alpha value is -1.52. The van der Waals surface area contributed by atoms with Crippen LogP contribution in [0.15, 0.2) is 11.1 Å². The molecule has 0 saturated carbocycles. The standard InChI is InChI=1S/C6H7N5O.3H3O4P/c1-11-2-8-4-3(11)5(12)10-6(7)9-4;3*1-5(2,3)4/h2H,1H3,(H3,7,9,10,12);3*(H3,1,2,3,4). The smallest absolute Gasteiger partial charge is 0.369 e. The van der Waals surface area contributed by atoms with Gasteiger partial charge in [0.05, 0.1) is 6.33 Å². The number of nitrogen functional groups attached to an aromatic ring is 1. The second-order valence-corrected chi connectivity index (χ2v) is 7.10. The molecule has 158 valence electrons. The maximum Gasteiger partial charge on any atom is 0.466 e. The van der Waals surface area contributed by atoms with E-state index in [9.17, 15) is 4.79 Å². The van der Waals surface area contributed by atoms with Crippen LogP contribution < -0.4 is 11.3 Å². The quantitative estimate of drug-likeness (QED) is 0.170. The summed E-state index contributed by atoms with van der Waals surface area (Å²) in [7, 11) is -12.2. The molecule has 2 rings (SSSR count). The minimum absolute atomic E-state index is 0.0891. The zero-order valence-electron chi connectivity index (χ0n) is 13.0. The average Bonchev–Trinajstić information content (AvgIpc) is 2.63. The molecule has 27 heavy (non-hydrogen) atoms. The number of aryl methyl sites for hydroxylation is 1. The van der Waals surface area contributed by atoms with E-state index in [0.717, 1.165) is 0 Å². The van der Waals surface area contributed by atoms with Gasteiger partial charge in [-0.05, 0) is 0 Å². The molecule has 2 heterocycles. The van der Waals surface area contributed by atoms with Gasteiger partial charge < -0.3 is 54.3 Å². The third-order valence-electron chi connectivity index (χ3n) is 1.60. The number of anilines is 1. The number of rotatable bonds is 0. The molecule has 18 nitrogen and oxygen atoms in total. The Balaban J connectivity index is 0. The number of imidazole rings is 1. The van der Waals surface area contributed by atoms with E-state index in [2.05, 4.69) is 15.0 Å². The summed E-state index contributed by atoms with van der Waals surface area (Å²) in [6.07, 6.45) is 1.52. The second kappa shape index (κ2) is 10.7. The number of nitrogens with zero attached hydrogens (tertiary/aromatic N) is 3. The number of hydrogen-bond acceptors (Lipinski definition) is 7. The lowest BCUT2D eigenvalue weighted by Crippen LogP contribution is -2.13. The third-order valence-corrected chi connectivity index (χ3v) is 1.60. The topological polar surface area (TPSA) is 323 Å². The molecule has 0 fully saturated rings. The van der Waals surface area contributed by atoms with E-state index in [0.29, 0.717) is 11.2 Å². The average molecular weight is 459 g/mol. The van der Waals surface area contributed by atoms with Gasteiger partial charge >= 0.3 is 23.5 Å². The van der Waals surface area contributed by atoms with Crippen molar-refractivity contribution in [1.82, 2.24) is 19.5 Å². The lowest BCUT2D eigenvalue weighted by Gasteiger charge is -1.93. The van der Waals surface area contributed by atoms with E-state index < -0.39 is 23.5 Å². The Kier molecular flexibility index (Phi) is 11.0. The zero-order chi connectivity index (χ0) is 22.2. The van der Waals surface area contributed by atoms with Crippen LogP contribution in [0.2, 0.25) is 0 Å². The van der Waals surface area contributed by atoms with E-state index in [1.165, 1.54) is 6.33 Å². The molecule has 0 unspecified atom stereocenters. The zero-order valence-corrected chi connectivity index (χ0v) is 15.7. The van der Waals surface area contributed by atoms with Gasteiger partial charge in [-0.2, -0.15) is 4.98 Å². The van der Waals surface area contributed by atoms with Gasteiger partial charge in [0.25, 0.3) is 5.56 Å². The molecule has 0 aliphatic carbocycles. The van der Waals surface area contributed by atoms with Gasteiger partial charge in [-0.25, -0.2) is 18.7 Å². The first-order valence-electron chi connectivity index (χ1n) is 5.70. The fourth-order valence-corrected chi connectivity index (χ4v) is 1.08. The molecular formula is C6H16N5O13P3. The van der Waals surface area contributed by atoms with Crippen molar-refractivity contribution in [3.8, 4) is 0 Å². The van der Waals surface area contributed by atoms with Crippen molar-refractivity contribution in [2.24, 2.45) is 7.05 Å². The number of phosphoric acid groups is 3. The van der Waals surface area contributed by atoms with E-state index in [1.807, 2.05) is 0 Å². The van der Waals surface area contributed by atoms with Crippen LogP contribution >= 0.6 is 23.5 Å². The molecule has 0 amide bonds. The summed E-state index contributed by atoms with van der Waals surface area (Å²) < 4.78 is 28.2. The highest BCUT2D eigenvalue weighted by atomic mass is 31.2. The molecule has 0 saturated heterocycles. The summed E-state index contributed by atoms with van der Waals surface area (Å²) in [5, 5.41) is 0. The third kappa shape index (κ3) is 22.4. The lowest BCUT2D eigenvalue weighted by atomic mass is 10.5. The number of nitrogens with two attached hydrogens (primary N) is 1. The first-order valence-corrected chi connectivity index (χ1v) is 10.4. The van der Waals surface area contributed by atoms with Gasteiger partial charge in [0, 0.05) is 7.05 Å². The molecule has 21 heteroatoms. The van der Waals surface area contributed by atoms with E-state index >= 15 is 0 Å². The molecule has 0 aliphatic rings. The molecule has 12 N–H and O–H groups in total. The summed E-state index contributed by atoms with van der Waals surface area (Å²) in [5.74, 6) is 0.0891. The maximum absolute atomic E-state index is 11.2. The van der Waals surface area contributed by atoms with Gasteiger partial charge in [0.15, 0.2) is 11.2 Å². The number of fused-ring (bicyclic) bond motifs is 1. The molecule has 2 aromatic heterocycles. The highest BCUT2D eigenvalue weighted by Gasteiger charge is 2.05. The molecule has 0 bridgehead atoms. The highest BCUT2D eigenvalue weighted by molar-refractivity contribution is 7.45. The SMILES string of the molecule is Cn1cnc2nc(N)[nH]c(=O)c21.O=P(O)(O)O.O=P(O)(O)O.O=P(O)(O)O. The molecule has 0 spiro atoms. The van der Waals surface area contributed by atoms with Crippen molar-refractivity contribution in [2.45, 2.75) is 0 Å². The summed E-state index contributed by atoms with van der Waals surface area (Å²) >= 11 is 0. The van der Waals surface area contributed by atoms with Crippen LogP contribution in [0.1, 0.15) is 0 Å². The molecule has 0 atom stereocenters. The summed E-state index contributed by atoms with van der Waals surface area (Å²) in [5.41, 5.74) is 5.86. The van der Waals surface area contributed by atoms with Crippen molar-refractivity contribution < 1.29 is 57.7 Å². The molecule has 0 aromatic carbocycles. The normalized spacial score (nSPS) is 11.3. The Morgan fingerprint density at radius 3 is 1.59 bits per heavy atom. The Labute approximate surface area is 148 Å². The predicted octanol–water partition coefficient (Wildman–Crippen LogP) is -3.55. The molecule has 0 aliphatic heterocycles. The van der Waals surface area contributed by atoms with Crippen LogP contribution in [-0.4, -0.2) is 63.6 Å². The van der Waals surface area contributed by atoms with Crippen molar-refractivity contribution in [1.29, 1.82) is 0 Å². The van der Waals surface area contributed by atoms with Crippen molar-refractivity contribution in [2.75, 3.05) is 5.73 Å².